The zero-order chi connectivity index (χ0) is 18.4. The Bertz CT molecular complexity index is 601. The topological polar surface area (TPSA) is 82.8 Å². The fraction of sp³-hybridized carbons (Fsp3) is 0.632. The van der Waals surface area contributed by atoms with Gasteiger partial charge in [0.2, 0.25) is 11.8 Å². The van der Waals surface area contributed by atoms with Crippen LogP contribution in [0.1, 0.15) is 18.4 Å². The minimum Gasteiger partial charge on any atom is -0.369 e. The van der Waals surface area contributed by atoms with E-state index in [2.05, 4.69) is 22.0 Å². The summed E-state index contributed by atoms with van der Waals surface area (Å²) in [5, 5.41) is 0. The Kier molecular flexibility index (Phi) is 6.57. The summed E-state index contributed by atoms with van der Waals surface area (Å²) in [6.07, 6.45) is 6.54. The molecule has 26 heavy (non-hydrogen) atoms. The van der Waals surface area contributed by atoms with Crippen LogP contribution in [0.15, 0.2) is 24.5 Å². The molecule has 7 nitrogen and oxygen atoms in total. The van der Waals surface area contributed by atoms with Gasteiger partial charge in [0, 0.05) is 51.7 Å². The average molecular weight is 359 g/mol. The normalized spacial score (nSPS) is 22.3. The quantitative estimate of drug-likeness (QED) is 0.771. The third-order valence-corrected chi connectivity index (χ3v) is 5.38. The van der Waals surface area contributed by atoms with Crippen LogP contribution >= 0.6 is 0 Å². The van der Waals surface area contributed by atoms with Crippen molar-refractivity contribution in [2.45, 2.75) is 19.3 Å². The Labute approximate surface area is 155 Å². The lowest BCUT2D eigenvalue weighted by Crippen LogP contribution is -2.53. The lowest BCUT2D eigenvalue weighted by molar-refractivity contribution is -0.139. The molecule has 1 unspecified atom stereocenters. The van der Waals surface area contributed by atoms with Crippen LogP contribution in [0, 0.1) is 5.92 Å². The van der Waals surface area contributed by atoms with Gasteiger partial charge in [-0.2, -0.15) is 0 Å². The predicted molar refractivity (Wildman–Crippen MR) is 99.3 cm³/mol. The highest BCUT2D eigenvalue weighted by atomic mass is 16.2. The Morgan fingerprint density at radius 1 is 1.08 bits per heavy atom. The van der Waals surface area contributed by atoms with Crippen molar-refractivity contribution in [3.8, 4) is 0 Å². The van der Waals surface area contributed by atoms with Gasteiger partial charge in [-0.25, -0.2) is 0 Å². The molecule has 2 aliphatic heterocycles. The first-order valence-corrected chi connectivity index (χ1v) is 9.52. The molecule has 1 aromatic heterocycles. The number of carbonyl (C=O) groups excluding carboxylic acids is 2. The number of primary amides is 1. The maximum Gasteiger partial charge on any atom is 0.231 e. The van der Waals surface area contributed by atoms with E-state index in [1.54, 1.807) is 0 Å². The summed E-state index contributed by atoms with van der Waals surface area (Å²) < 4.78 is 0. The van der Waals surface area contributed by atoms with Crippen LogP contribution in [0.2, 0.25) is 0 Å². The Balaban J connectivity index is 1.42. The average Bonchev–Trinajstić information content (AvgIpc) is 2.67. The van der Waals surface area contributed by atoms with E-state index in [1.165, 1.54) is 5.56 Å². The number of hydrogen-bond acceptors (Lipinski definition) is 5. The van der Waals surface area contributed by atoms with Crippen LogP contribution in [-0.4, -0.2) is 83.9 Å². The number of nitrogens with zero attached hydrogens (tertiary/aromatic N) is 4. The van der Waals surface area contributed by atoms with E-state index >= 15 is 0 Å². The molecule has 0 bridgehead atoms. The number of piperidine rings is 1. The summed E-state index contributed by atoms with van der Waals surface area (Å²) in [5.74, 6) is -0.0691. The van der Waals surface area contributed by atoms with Crippen molar-refractivity contribution >= 4 is 11.8 Å². The number of aromatic nitrogens is 1. The van der Waals surface area contributed by atoms with E-state index in [9.17, 15) is 9.59 Å². The predicted octanol–water partition coefficient (Wildman–Crippen LogP) is -0.0344. The number of hydrogen-bond donors (Lipinski definition) is 1. The Morgan fingerprint density at radius 2 is 1.81 bits per heavy atom. The monoisotopic (exact) mass is 359 g/mol. The molecule has 3 rings (SSSR count). The summed E-state index contributed by atoms with van der Waals surface area (Å²) in [6.45, 7) is 6.22. The molecule has 7 heteroatoms. The minimum atomic E-state index is -0.319. The maximum atomic E-state index is 12.8. The van der Waals surface area contributed by atoms with Crippen molar-refractivity contribution in [3.05, 3.63) is 30.1 Å². The lowest BCUT2D eigenvalue weighted by Gasteiger charge is -2.38. The highest BCUT2D eigenvalue weighted by Gasteiger charge is 2.31. The van der Waals surface area contributed by atoms with Crippen molar-refractivity contribution in [3.63, 3.8) is 0 Å². The highest BCUT2D eigenvalue weighted by molar-refractivity contribution is 5.80. The molecule has 2 aliphatic rings. The molecule has 0 aliphatic carbocycles. The smallest absolute Gasteiger partial charge is 0.231 e. The zero-order valence-corrected chi connectivity index (χ0v) is 15.3. The van der Waals surface area contributed by atoms with E-state index in [0.717, 1.165) is 58.5 Å². The van der Waals surface area contributed by atoms with Gasteiger partial charge in [-0.1, -0.05) is 0 Å². The van der Waals surface area contributed by atoms with Gasteiger partial charge in [0.15, 0.2) is 0 Å². The number of nitrogens with two attached hydrogens (primary N) is 1. The van der Waals surface area contributed by atoms with E-state index in [4.69, 9.17) is 5.73 Å². The van der Waals surface area contributed by atoms with Crippen LogP contribution < -0.4 is 5.73 Å². The number of amides is 2. The molecule has 2 saturated heterocycles. The molecular weight excluding hydrogens is 330 g/mol. The molecule has 3 heterocycles. The maximum absolute atomic E-state index is 12.8. The Morgan fingerprint density at radius 3 is 2.50 bits per heavy atom. The number of carbonyl (C=O) groups is 2. The van der Waals surface area contributed by atoms with E-state index in [1.807, 2.05) is 22.2 Å². The first-order valence-electron chi connectivity index (χ1n) is 9.52. The number of pyridine rings is 1. The largest absolute Gasteiger partial charge is 0.369 e. The van der Waals surface area contributed by atoms with Crippen molar-refractivity contribution in [1.82, 2.24) is 19.7 Å². The first-order chi connectivity index (χ1) is 12.6. The highest BCUT2D eigenvalue weighted by Crippen LogP contribution is 2.19. The molecule has 0 saturated carbocycles. The fourth-order valence-electron chi connectivity index (χ4n) is 3.91. The van der Waals surface area contributed by atoms with Crippen LogP contribution in [0.3, 0.4) is 0 Å². The second kappa shape index (κ2) is 9.09. The number of piperazine rings is 1. The minimum absolute atomic E-state index is 0.00599. The van der Waals surface area contributed by atoms with Gasteiger partial charge in [0.25, 0.3) is 0 Å². The summed E-state index contributed by atoms with van der Waals surface area (Å²) in [5.41, 5.74) is 6.59. The molecular formula is C19H29N5O2. The first kappa shape index (κ1) is 18.8. The van der Waals surface area contributed by atoms with E-state index < -0.39 is 0 Å². The summed E-state index contributed by atoms with van der Waals surface area (Å²) in [4.78, 5) is 34.4. The zero-order valence-electron chi connectivity index (χ0n) is 15.3. The number of likely N-dealkylation sites (tertiary alicyclic amines) is 1. The number of rotatable bonds is 6. The molecule has 0 aromatic carbocycles. The SMILES string of the molecule is NC(=O)CN1CCCC(C(=O)N2CCN(CCc3ccncc3)CC2)C1. The third kappa shape index (κ3) is 5.25. The van der Waals surface area contributed by atoms with Gasteiger partial charge >= 0.3 is 0 Å². The van der Waals surface area contributed by atoms with Crippen molar-refractivity contribution in [2.24, 2.45) is 11.7 Å². The van der Waals surface area contributed by atoms with Gasteiger partial charge < -0.3 is 10.6 Å². The second-order valence-corrected chi connectivity index (χ2v) is 7.31. The third-order valence-electron chi connectivity index (χ3n) is 5.38. The van der Waals surface area contributed by atoms with Crippen molar-refractivity contribution in [1.29, 1.82) is 0 Å². The van der Waals surface area contributed by atoms with Gasteiger partial charge in [0.1, 0.15) is 0 Å². The molecule has 1 aromatic rings. The fourth-order valence-corrected chi connectivity index (χ4v) is 3.91. The Hall–Kier alpha value is -1.99. The molecule has 142 valence electrons. The van der Waals surface area contributed by atoms with Crippen LogP contribution in [0.4, 0.5) is 0 Å². The van der Waals surface area contributed by atoms with Gasteiger partial charge in [-0.15, -0.1) is 0 Å². The van der Waals surface area contributed by atoms with Gasteiger partial charge in [0.05, 0.1) is 12.5 Å². The van der Waals surface area contributed by atoms with E-state index in [-0.39, 0.29) is 24.3 Å². The molecule has 2 N–H and O–H groups in total. The van der Waals surface area contributed by atoms with Crippen LogP contribution in [0.25, 0.3) is 0 Å². The summed E-state index contributed by atoms with van der Waals surface area (Å²) in [7, 11) is 0. The summed E-state index contributed by atoms with van der Waals surface area (Å²) in [6, 6.07) is 4.11. The van der Waals surface area contributed by atoms with Crippen molar-refractivity contribution in [2.75, 3.05) is 52.4 Å². The standard InChI is InChI=1S/C19H29N5O2/c20-18(25)15-23-8-1-2-17(14-23)19(26)24-12-10-22(11-13-24)9-5-16-3-6-21-7-4-16/h3-4,6-7,17H,1-2,5,8-15H2,(H2,20,25). The van der Waals surface area contributed by atoms with Crippen LogP contribution in [0.5, 0.6) is 0 Å². The van der Waals surface area contributed by atoms with Gasteiger partial charge in [-0.05, 0) is 43.5 Å². The summed E-state index contributed by atoms with van der Waals surface area (Å²) >= 11 is 0. The second-order valence-electron chi connectivity index (χ2n) is 7.31. The molecule has 2 fully saturated rings. The molecule has 0 spiro atoms. The molecule has 0 radical (unpaired) electrons. The molecule has 1 atom stereocenters. The van der Waals surface area contributed by atoms with Gasteiger partial charge in [-0.3, -0.25) is 24.4 Å². The molecule has 2 amide bonds. The lowest BCUT2D eigenvalue weighted by atomic mass is 9.96. The van der Waals surface area contributed by atoms with Crippen molar-refractivity contribution < 1.29 is 9.59 Å². The van der Waals surface area contributed by atoms with E-state index in [0.29, 0.717) is 6.54 Å². The van der Waals surface area contributed by atoms with Crippen LogP contribution in [-0.2, 0) is 16.0 Å².